The van der Waals surface area contributed by atoms with E-state index in [0.29, 0.717) is 0 Å². The van der Waals surface area contributed by atoms with Gasteiger partial charge in [-0.15, -0.1) is 0 Å². The van der Waals surface area contributed by atoms with Crippen molar-refractivity contribution in [3.8, 4) is 0 Å². The number of nitrogens with zero attached hydrogens (tertiary/aromatic N) is 1. The summed E-state index contributed by atoms with van der Waals surface area (Å²) in [6.07, 6.45) is 1.82. The van der Waals surface area contributed by atoms with Crippen molar-refractivity contribution in [2.45, 2.75) is 26.3 Å². The lowest BCUT2D eigenvalue weighted by molar-refractivity contribution is 0.599. The molecule has 1 aromatic heterocycles. The largest absolute Gasteiger partial charge is 0.318 e. The van der Waals surface area contributed by atoms with Gasteiger partial charge >= 0.3 is 0 Å². The Morgan fingerprint density at radius 3 is 2.62 bits per heavy atom. The number of nitrogens with two attached hydrogens (primary N) is 1. The Morgan fingerprint density at radius 2 is 1.81 bits per heavy atom. The molecule has 3 aromatic rings. The molecule has 2 N–H and O–H groups in total. The van der Waals surface area contributed by atoms with E-state index in [1.807, 2.05) is 12.3 Å². The zero-order valence-electron chi connectivity index (χ0n) is 12.7. The van der Waals surface area contributed by atoms with Crippen LogP contribution in [-0.2, 0) is 5.54 Å². The standard InChI is InChI=1S/C19H20N2/c1-13-6-7-14(2)17(11-13)19(3,20)16-9-8-15-5-4-10-21-18(15)12-16/h4-12H,20H2,1-3H3. The smallest absolute Gasteiger partial charge is 0.0705 e. The first-order valence-corrected chi connectivity index (χ1v) is 7.20. The van der Waals surface area contributed by atoms with Crippen molar-refractivity contribution < 1.29 is 0 Å². The maximum atomic E-state index is 6.69. The highest BCUT2D eigenvalue weighted by Gasteiger charge is 2.25. The molecular weight excluding hydrogens is 256 g/mol. The van der Waals surface area contributed by atoms with Crippen molar-refractivity contribution in [3.63, 3.8) is 0 Å². The molecule has 0 aliphatic heterocycles. The van der Waals surface area contributed by atoms with Gasteiger partial charge in [-0.2, -0.15) is 0 Å². The minimum atomic E-state index is -0.526. The van der Waals surface area contributed by atoms with Gasteiger partial charge in [0, 0.05) is 11.6 Å². The normalized spacial score (nSPS) is 14.1. The SMILES string of the molecule is Cc1ccc(C)c(C(C)(N)c2ccc3cccnc3c2)c1. The van der Waals surface area contributed by atoms with Gasteiger partial charge in [-0.1, -0.05) is 42.0 Å². The Hall–Kier alpha value is -2.19. The number of benzene rings is 2. The number of aryl methyl sites for hydroxylation is 2. The molecule has 2 heteroatoms. The van der Waals surface area contributed by atoms with Gasteiger partial charge in [0.05, 0.1) is 11.1 Å². The fraction of sp³-hybridized carbons (Fsp3) is 0.211. The Morgan fingerprint density at radius 1 is 1.00 bits per heavy atom. The molecule has 0 amide bonds. The summed E-state index contributed by atoms with van der Waals surface area (Å²) >= 11 is 0. The summed E-state index contributed by atoms with van der Waals surface area (Å²) in [6.45, 7) is 6.28. The molecule has 0 bridgehead atoms. The number of fused-ring (bicyclic) bond motifs is 1. The van der Waals surface area contributed by atoms with Gasteiger partial charge < -0.3 is 5.73 Å². The first-order valence-electron chi connectivity index (χ1n) is 7.20. The van der Waals surface area contributed by atoms with Crippen LogP contribution in [-0.4, -0.2) is 4.98 Å². The Balaban J connectivity index is 2.17. The molecule has 2 nitrogen and oxygen atoms in total. The maximum Gasteiger partial charge on any atom is 0.0705 e. The predicted molar refractivity (Wildman–Crippen MR) is 88.3 cm³/mol. The van der Waals surface area contributed by atoms with E-state index in [0.717, 1.165) is 22.0 Å². The molecule has 2 aromatic carbocycles. The van der Waals surface area contributed by atoms with Gasteiger partial charge in [-0.05, 0) is 49.6 Å². The van der Waals surface area contributed by atoms with Gasteiger partial charge in [-0.25, -0.2) is 0 Å². The summed E-state index contributed by atoms with van der Waals surface area (Å²) in [4.78, 5) is 4.43. The molecule has 0 aliphatic rings. The minimum Gasteiger partial charge on any atom is -0.318 e. The van der Waals surface area contributed by atoms with Crippen LogP contribution in [0.25, 0.3) is 10.9 Å². The number of aromatic nitrogens is 1. The molecule has 1 heterocycles. The highest BCUT2D eigenvalue weighted by atomic mass is 14.7. The van der Waals surface area contributed by atoms with Crippen LogP contribution in [0.2, 0.25) is 0 Å². The molecule has 1 unspecified atom stereocenters. The molecule has 1 atom stereocenters. The van der Waals surface area contributed by atoms with E-state index in [1.165, 1.54) is 11.1 Å². The van der Waals surface area contributed by atoms with Crippen molar-refractivity contribution in [2.75, 3.05) is 0 Å². The third-order valence-corrected chi connectivity index (χ3v) is 4.16. The average Bonchev–Trinajstić information content (AvgIpc) is 2.49. The molecule has 0 saturated heterocycles. The molecule has 0 spiro atoms. The second-order valence-electron chi connectivity index (χ2n) is 5.93. The minimum absolute atomic E-state index is 0.526. The molecular formula is C19H20N2. The van der Waals surface area contributed by atoms with E-state index in [4.69, 9.17) is 5.73 Å². The Kier molecular flexibility index (Phi) is 3.26. The number of rotatable bonds is 2. The van der Waals surface area contributed by atoms with Crippen molar-refractivity contribution in [2.24, 2.45) is 5.73 Å². The van der Waals surface area contributed by atoms with Crippen LogP contribution < -0.4 is 5.73 Å². The maximum absolute atomic E-state index is 6.69. The third-order valence-electron chi connectivity index (χ3n) is 4.16. The van der Waals surface area contributed by atoms with Crippen LogP contribution >= 0.6 is 0 Å². The van der Waals surface area contributed by atoms with Crippen LogP contribution in [0.5, 0.6) is 0 Å². The highest BCUT2D eigenvalue weighted by molar-refractivity contribution is 5.79. The Bertz CT molecular complexity index is 804. The fourth-order valence-electron chi connectivity index (χ4n) is 2.84. The molecule has 3 rings (SSSR count). The lowest BCUT2D eigenvalue weighted by Crippen LogP contribution is -2.35. The summed E-state index contributed by atoms with van der Waals surface area (Å²) in [5.41, 5.74) is 11.8. The molecule has 0 radical (unpaired) electrons. The number of hydrogen-bond acceptors (Lipinski definition) is 2. The average molecular weight is 276 g/mol. The summed E-state index contributed by atoms with van der Waals surface area (Å²) in [5.74, 6) is 0. The molecule has 21 heavy (non-hydrogen) atoms. The third kappa shape index (κ3) is 2.43. The van der Waals surface area contributed by atoms with Gasteiger partial charge in [0.15, 0.2) is 0 Å². The van der Waals surface area contributed by atoms with Crippen molar-refractivity contribution >= 4 is 10.9 Å². The van der Waals surface area contributed by atoms with Gasteiger partial charge in [0.2, 0.25) is 0 Å². The number of pyridine rings is 1. The van der Waals surface area contributed by atoms with Crippen LogP contribution in [0.15, 0.2) is 54.7 Å². The van der Waals surface area contributed by atoms with Crippen molar-refractivity contribution in [3.05, 3.63) is 77.0 Å². The van der Waals surface area contributed by atoms with Gasteiger partial charge in [-0.3, -0.25) is 4.98 Å². The predicted octanol–water partition coefficient (Wildman–Crippen LogP) is 4.07. The zero-order chi connectivity index (χ0) is 15.0. The lowest BCUT2D eigenvalue weighted by atomic mass is 9.82. The highest BCUT2D eigenvalue weighted by Crippen LogP contribution is 2.31. The van der Waals surface area contributed by atoms with Crippen molar-refractivity contribution in [1.82, 2.24) is 4.98 Å². The lowest BCUT2D eigenvalue weighted by Gasteiger charge is -2.28. The summed E-state index contributed by atoms with van der Waals surface area (Å²) < 4.78 is 0. The van der Waals surface area contributed by atoms with E-state index < -0.39 is 5.54 Å². The molecule has 0 saturated carbocycles. The quantitative estimate of drug-likeness (QED) is 0.766. The zero-order valence-corrected chi connectivity index (χ0v) is 12.7. The second-order valence-corrected chi connectivity index (χ2v) is 5.93. The second kappa shape index (κ2) is 4.97. The fourth-order valence-corrected chi connectivity index (χ4v) is 2.84. The molecule has 0 fully saturated rings. The van der Waals surface area contributed by atoms with E-state index >= 15 is 0 Å². The van der Waals surface area contributed by atoms with Gasteiger partial charge in [0.1, 0.15) is 0 Å². The van der Waals surface area contributed by atoms with Crippen LogP contribution in [0.1, 0.15) is 29.2 Å². The van der Waals surface area contributed by atoms with Crippen LogP contribution in [0.4, 0.5) is 0 Å². The summed E-state index contributed by atoms with van der Waals surface area (Å²) in [7, 11) is 0. The Labute approximate surface area is 125 Å². The van der Waals surface area contributed by atoms with Crippen LogP contribution in [0, 0.1) is 13.8 Å². The first-order chi connectivity index (χ1) is 9.98. The topological polar surface area (TPSA) is 38.9 Å². The molecule has 106 valence electrons. The van der Waals surface area contributed by atoms with Crippen LogP contribution in [0.3, 0.4) is 0 Å². The van der Waals surface area contributed by atoms with Crippen molar-refractivity contribution in [1.29, 1.82) is 0 Å². The molecule has 0 aliphatic carbocycles. The van der Waals surface area contributed by atoms with E-state index in [2.05, 4.69) is 68.2 Å². The van der Waals surface area contributed by atoms with E-state index in [9.17, 15) is 0 Å². The summed E-state index contributed by atoms with van der Waals surface area (Å²) in [5, 5.41) is 1.14. The first kappa shape index (κ1) is 13.8. The summed E-state index contributed by atoms with van der Waals surface area (Å²) in [6, 6.07) is 16.7. The van der Waals surface area contributed by atoms with Gasteiger partial charge in [0.25, 0.3) is 0 Å². The monoisotopic (exact) mass is 276 g/mol. The number of hydrogen-bond donors (Lipinski definition) is 1. The van der Waals surface area contributed by atoms with E-state index in [-0.39, 0.29) is 0 Å². The van der Waals surface area contributed by atoms with E-state index in [1.54, 1.807) is 0 Å².